The van der Waals surface area contributed by atoms with Gasteiger partial charge in [0, 0.05) is 0 Å². The van der Waals surface area contributed by atoms with E-state index in [1.807, 2.05) is 0 Å². The third-order valence-electron chi connectivity index (χ3n) is 7.45. The summed E-state index contributed by atoms with van der Waals surface area (Å²) >= 11 is 0. The molecule has 0 amide bonds. The number of hydrogen-bond acceptors (Lipinski definition) is 4. The third kappa shape index (κ3) is 2.80. The van der Waals surface area contributed by atoms with Crippen LogP contribution in [0.1, 0.15) is 52.4 Å². The van der Waals surface area contributed by atoms with Crippen LogP contribution in [0.15, 0.2) is 12.2 Å². The maximum Gasteiger partial charge on any atom is 0.310 e. The zero-order valence-corrected chi connectivity index (χ0v) is 16.1. The van der Waals surface area contributed by atoms with Crippen LogP contribution in [0.2, 0.25) is 0 Å². The first-order chi connectivity index (χ1) is 12.7. The van der Waals surface area contributed by atoms with E-state index in [0.29, 0.717) is 48.7 Å². The van der Waals surface area contributed by atoms with Crippen LogP contribution < -0.4 is 0 Å². The van der Waals surface area contributed by atoms with Crippen molar-refractivity contribution in [3.05, 3.63) is 12.2 Å². The molecule has 4 aliphatic rings. The third-order valence-corrected chi connectivity index (χ3v) is 7.45. The minimum absolute atomic E-state index is 0.145. The summed E-state index contributed by atoms with van der Waals surface area (Å²) in [6, 6.07) is 0. The zero-order chi connectivity index (χ0) is 18.3. The van der Waals surface area contributed by atoms with Gasteiger partial charge in [-0.3, -0.25) is 9.59 Å². The predicted molar refractivity (Wildman–Crippen MR) is 98.0 cm³/mol. The van der Waals surface area contributed by atoms with Gasteiger partial charge in [-0.2, -0.15) is 0 Å². The molecular weight excluding hydrogens is 328 g/mol. The average molecular weight is 360 g/mol. The Morgan fingerprint density at radius 2 is 1.27 bits per heavy atom. The van der Waals surface area contributed by atoms with Gasteiger partial charge in [-0.15, -0.1) is 0 Å². The van der Waals surface area contributed by atoms with Crippen LogP contribution in [0.3, 0.4) is 0 Å². The van der Waals surface area contributed by atoms with Crippen LogP contribution in [-0.2, 0) is 19.1 Å². The van der Waals surface area contributed by atoms with E-state index in [2.05, 4.69) is 26.0 Å². The number of rotatable bonds is 8. The van der Waals surface area contributed by atoms with Gasteiger partial charge in [-0.1, -0.05) is 38.8 Å². The molecule has 0 saturated heterocycles. The summed E-state index contributed by atoms with van der Waals surface area (Å²) in [5.41, 5.74) is 0. The average Bonchev–Trinajstić information content (AvgIpc) is 3.39. The summed E-state index contributed by atoms with van der Waals surface area (Å²) in [4.78, 5) is 25.8. The first-order valence-electron chi connectivity index (χ1n) is 10.7. The van der Waals surface area contributed by atoms with Gasteiger partial charge in [0.2, 0.25) is 0 Å². The van der Waals surface area contributed by atoms with Gasteiger partial charge in [0.15, 0.2) is 0 Å². The van der Waals surface area contributed by atoms with Crippen LogP contribution in [-0.4, -0.2) is 25.2 Å². The molecule has 3 fully saturated rings. The van der Waals surface area contributed by atoms with E-state index in [1.165, 1.54) is 6.42 Å². The fourth-order valence-electron chi connectivity index (χ4n) is 6.51. The summed E-state index contributed by atoms with van der Waals surface area (Å²) in [5, 5.41) is 0. The highest BCUT2D eigenvalue weighted by atomic mass is 16.5. The van der Waals surface area contributed by atoms with Crippen LogP contribution in [0, 0.1) is 47.3 Å². The SMILES string of the molecule is CCCCOC(=O)C1C2CC(C1C(=O)OCCCC)C1C3C=CC(C3)C21. The Kier molecular flexibility index (Phi) is 5.11. The Labute approximate surface area is 156 Å². The molecule has 4 rings (SSSR count). The highest BCUT2D eigenvalue weighted by molar-refractivity contribution is 5.84. The molecule has 3 saturated carbocycles. The lowest BCUT2D eigenvalue weighted by Crippen LogP contribution is -2.45. The van der Waals surface area contributed by atoms with Crippen molar-refractivity contribution in [2.24, 2.45) is 47.3 Å². The number of carbonyl (C=O) groups excluding carboxylic acids is 2. The van der Waals surface area contributed by atoms with E-state index in [-0.39, 0.29) is 23.8 Å². The van der Waals surface area contributed by atoms with E-state index >= 15 is 0 Å². The molecule has 4 aliphatic carbocycles. The van der Waals surface area contributed by atoms with Crippen LogP contribution in [0.25, 0.3) is 0 Å². The maximum absolute atomic E-state index is 12.9. The van der Waals surface area contributed by atoms with E-state index in [9.17, 15) is 9.59 Å². The molecule has 144 valence electrons. The lowest BCUT2D eigenvalue weighted by atomic mass is 9.65. The molecule has 0 spiro atoms. The van der Waals surface area contributed by atoms with E-state index < -0.39 is 0 Å². The summed E-state index contributed by atoms with van der Waals surface area (Å²) in [5.74, 6) is 2.16. The first kappa shape index (κ1) is 18.1. The van der Waals surface area contributed by atoms with Gasteiger partial charge >= 0.3 is 11.9 Å². The summed E-state index contributed by atoms with van der Waals surface area (Å²) < 4.78 is 11.2. The van der Waals surface area contributed by atoms with Crippen LogP contribution >= 0.6 is 0 Å². The molecule has 0 aliphatic heterocycles. The van der Waals surface area contributed by atoms with Gasteiger partial charge in [-0.25, -0.2) is 0 Å². The monoisotopic (exact) mass is 360 g/mol. The van der Waals surface area contributed by atoms with Crippen molar-refractivity contribution in [3.8, 4) is 0 Å². The van der Waals surface area contributed by atoms with E-state index in [4.69, 9.17) is 9.47 Å². The Bertz CT molecular complexity index is 535. The molecular formula is C22H32O4. The molecule has 4 bridgehead atoms. The zero-order valence-electron chi connectivity index (χ0n) is 16.1. The normalized spacial score (nSPS) is 41.5. The first-order valence-corrected chi connectivity index (χ1v) is 10.7. The fourth-order valence-corrected chi connectivity index (χ4v) is 6.51. The second-order valence-corrected chi connectivity index (χ2v) is 8.76. The smallest absolute Gasteiger partial charge is 0.310 e. The van der Waals surface area contributed by atoms with E-state index in [1.54, 1.807) is 0 Å². The summed E-state index contributed by atoms with van der Waals surface area (Å²) in [6.07, 6.45) is 10.7. The highest BCUT2D eigenvalue weighted by Crippen LogP contribution is 2.69. The number of esters is 2. The predicted octanol–water partition coefficient (Wildman–Crippen LogP) is 3.99. The molecule has 0 aromatic rings. The Hall–Kier alpha value is -1.32. The van der Waals surface area contributed by atoms with Crippen molar-refractivity contribution in [2.45, 2.75) is 52.4 Å². The quantitative estimate of drug-likeness (QED) is 0.284. The van der Waals surface area contributed by atoms with E-state index in [0.717, 1.165) is 32.1 Å². The Morgan fingerprint density at radius 3 is 1.69 bits per heavy atom. The second-order valence-electron chi connectivity index (χ2n) is 8.76. The molecule has 0 heterocycles. The topological polar surface area (TPSA) is 52.6 Å². The minimum atomic E-state index is -0.278. The van der Waals surface area contributed by atoms with Gasteiger partial charge in [0.1, 0.15) is 0 Å². The molecule has 8 atom stereocenters. The number of hydrogen-bond donors (Lipinski definition) is 0. The summed E-state index contributed by atoms with van der Waals surface area (Å²) in [6.45, 7) is 5.12. The summed E-state index contributed by atoms with van der Waals surface area (Å²) in [7, 11) is 0. The second kappa shape index (κ2) is 7.36. The number of ether oxygens (including phenoxy) is 2. The highest BCUT2D eigenvalue weighted by Gasteiger charge is 2.68. The van der Waals surface area contributed by atoms with Gasteiger partial charge in [-0.05, 0) is 61.2 Å². The minimum Gasteiger partial charge on any atom is -0.465 e. The number of allylic oxidation sites excluding steroid dienone is 2. The molecule has 0 aromatic heterocycles. The maximum atomic E-state index is 12.9. The lowest BCUT2D eigenvalue weighted by Gasteiger charge is -2.39. The van der Waals surface area contributed by atoms with Crippen molar-refractivity contribution < 1.29 is 19.1 Å². The number of carbonyl (C=O) groups is 2. The standard InChI is InChI=1S/C22H32O4/c1-3-5-9-25-21(23)19-15-12-16(20(19)22(24)26-10-6-4-2)18-14-8-7-13(11-14)17(15)18/h7-8,13-20H,3-6,9-12H2,1-2H3. The van der Waals surface area contributed by atoms with Crippen molar-refractivity contribution in [2.75, 3.05) is 13.2 Å². The molecule has 0 radical (unpaired) electrons. The Balaban J connectivity index is 1.52. The largest absolute Gasteiger partial charge is 0.465 e. The molecule has 4 nitrogen and oxygen atoms in total. The fraction of sp³-hybridized carbons (Fsp3) is 0.818. The van der Waals surface area contributed by atoms with Crippen molar-refractivity contribution in [1.82, 2.24) is 0 Å². The molecule has 26 heavy (non-hydrogen) atoms. The molecule has 0 aromatic carbocycles. The number of fused-ring (bicyclic) bond motifs is 9. The molecule has 0 N–H and O–H groups in total. The van der Waals surface area contributed by atoms with Crippen molar-refractivity contribution in [3.63, 3.8) is 0 Å². The molecule has 8 unspecified atom stereocenters. The van der Waals surface area contributed by atoms with Crippen LogP contribution in [0.4, 0.5) is 0 Å². The van der Waals surface area contributed by atoms with Crippen molar-refractivity contribution in [1.29, 1.82) is 0 Å². The van der Waals surface area contributed by atoms with Crippen LogP contribution in [0.5, 0.6) is 0 Å². The van der Waals surface area contributed by atoms with Gasteiger partial charge in [0.25, 0.3) is 0 Å². The van der Waals surface area contributed by atoms with Gasteiger partial charge in [0.05, 0.1) is 25.0 Å². The van der Waals surface area contributed by atoms with Crippen molar-refractivity contribution >= 4 is 11.9 Å². The molecule has 4 heteroatoms. The number of unbranched alkanes of at least 4 members (excludes halogenated alkanes) is 2. The Morgan fingerprint density at radius 1 is 0.808 bits per heavy atom. The van der Waals surface area contributed by atoms with Gasteiger partial charge < -0.3 is 9.47 Å². The lowest BCUT2D eigenvalue weighted by molar-refractivity contribution is -0.166.